The highest BCUT2D eigenvalue weighted by Gasteiger charge is 2.41. The van der Waals surface area contributed by atoms with Crippen LogP contribution in [0.1, 0.15) is 12.0 Å². The van der Waals surface area contributed by atoms with Gasteiger partial charge in [0.15, 0.2) is 0 Å². The molecule has 0 bridgehead atoms. The zero-order valence-electron chi connectivity index (χ0n) is 11.8. The molecule has 1 aromatic rings. The Hall–Kier alpha value is -1.09. The molecule has 2 unspecified atom stereocenters. The Balaban J connectivity index is 2.02. The van der Waals surface area contributed by atoms with Crippen LogP contribution in [0.5, 0.6) is 0 Å². The first-order chi connectivity index (χ1) is 9.72. The van der Waals surface area contributed by atoms with Gasteiger partial charge in [0.2, 0.25) is 0 Å². The molecule has 2 nitrogen and oxygen atoms in total. The molecule has 106 valence electrons. The minimum atomic E-state index is 0.0432. The van der Waals surface area contributed by atoms with Gasteiger partial charge in [-0.1, -0.05) is 48.0 Å². The second-order valence-electron chi connectivity index (χ2n) is 5.74. The number of hydrogen-bond donors (Lipinski definition) is 1. The summed E-state index contributed by atoms with van der Waals surface area (Å²) in [5.74, 6) is 0. The van der Waals surface area contributed by atoms with E-state index in [4.69, 9.17) is 11.6 Å². The predicted molar refractivity (Wildman–Crippen MR) is 85.3 cm³/mol. The van der Waals surface area contributed by atoms with E-state index < -0.39 is 0 Å². The standard InChI is InChI=1S/C17H21ClN2/c1-20-12-11-19-13-16(20)17(9-3-2-4-10-17)14-5-7-15(18)8-6-14/h2-9,16,19H,10-13H2,1H3. The number of benzene rings is 1. The van der Waals surface area contributed by atoms with Gasteiger partial charge >= 0.3 is 0 Å². The van der Waals surface area contributed by atoms with Gasteiger partial charge in [0.1, 0.15) is 0 Å². The van der Waals surface area contributed by atoms with E-state index in [9.17, 15) is 0 Å². The molecule has 1 aromatic carbocycles. The Morgan fingerprint density at radius 2 is 2.05 bits per heavy atom. The van der Waals surface area contributed by atoms with Crippen LogP contribution in [0.4, 0.5) is 0 Å². The van der Waals surface area contributed by atoms with Crippen LogP contribution in [0, 0.1) is 0 Å². The van der Waals surface area contributed by atoms with Gasteiger partial charge in [0, 0.05) is 36.1 Å². The zero-order valence-corrected chi connectivity index (χ0v) is 12.6. The Bertz CT molecular complexity index is 520. The van der Waals surface area contributed by atoms with Gasteiger partial charge in [0.25, 0.3) is 0 Å². The van der Waals surface area contributed by atoms with Gasteiger partial charge in [-0.2, -0.15) is 0 Å². The van der Waals surface area contributed by atoms with Gasteiger partial charge in [-0.05, 0) is 31.2 Å². The lowest BCUT2D eigenvalue weighted by Gasteiger charge is -2.46. The molecule has 1 aliphatic carbocycles. The summed E-state index contributed by atoms with van der Waals surface area (Å²) < 4.78 is 0. The van der Waals surface area contributed by atoms with Crippen molar-refractivity contribution in [2.45, 2.75) is 17.9 Å². The largest absolute Gasteiger partial charge is 0.314 e. The fourth-order valence-corrected chi connectivity index (χ4v) is 3.56. The van der Waals surface area contributed by atoms with Crippen molar-refractivity contribution in [1.29, 1.82) is 0 Å². The molecular weight excluding hydrogens is 268 g/mol. The van der Waals surface area contributed by atoms with E-state index in [-0.39, 0.29) is 5.41 Å². The highest BCUT2D eigenvalue weighted by Crippen LogP contribution is 2.39. The Morgan fingerprint density at radius 1 is 1.25 bits per heavy atom. The maximum Gasteiger partial charge on any atom is 0.0406 e. The number of piperazine rings is 1. The Morgan fingerprint density at radius 3 is 2.70 bits per heavy atom. The monoisotopic (exact) mass is 288 g/mol. The van der Waals surface area contributed by atoms with E-state index in [2.05, 4.69) is 53.7 Å². The minimum absolute atomic E-state index is 0.0432. The molecule has 3 heteroatoms. The van der Waals surface area contributed by atoms with Crippen molar-refractivity contribution in [3.05, 3.63) is 59.2 Å². The molecule has 0 radical (unpaired) electrons. The SMILES string of the molecule is CN1CCNCC1C1(c2ccc(Cl)cc2)C=CC=CC1. The highest BCUT2D eigenvalue weighted by molar-refractivity contribution is 6.30. The van der Waals surface area contributed by atoms with Gasteiger partial charge in [-0.15, -0.1) is 0 Å². The van der Waals surface area contributed by atoms with Gasteiger partial charge in [-0.25, -0.2) is 0 Å². The maximum atomic E-state index is 6.06. The molecule has 2 aliphatic rings. The van der Waals surface area contributed by atoms with Crippen LogP contribution in [0.3, 0.4) is 0 Å². The van der Waals surface area contributed by atoms with Crippen molar-refractivity contribution < 1.29 is 0 Å². The molecular formula is C17H21ClN2. The van der Waals surface area contributed by atoms with Gasteiger partial charge in [-0.3, -0.25) is 4.90 Å². The molecule has 20 heavy (non-hydrogen) atoms. The normalized spacial score (nSPS) is 30.6. The van der Waals surface area contributed by atoms with Crippen LogP contribution in [-0.2, 0) is 5.41 Å². The minimum Gasteiger partial charge on any atom is -0.314 e. The molecule has 0 spiro atoms. The summed E-state index contributed by atoms with van der Waals surface area (Å²) >= 11 is 6.06. The summed E-state index contributed by atoms with van der Waals surface area (Å²) in [5, 5.41) is 4.34. The number of halogens is 1. The van der Waals surface area contributed by atoms with Gasteiger partial charge < -0.3 is 5.32 Å². The topological polar surface area (TPSA) is 15.3 Å². The van der Waals surface area contributed by atoms with Crippen molar-refractivity contribution in [2.24, 2.45) is 0 Å². The van der Waals surface area contributed by atoms with Crippen molar-refractivity contribution >= 4 is 11.6 Å². The number of likely N-dealkylation sites (N-methyl/N-ethyl adjacent to an activating group) is 1. The lowest BCUT2D eigenvalue weighted by Crippen LogP contribution is -2.58. The van der Waals surface area contributed by atoms with E-state index in [0.717, 1.165) is 31.1 Å². The van der Waals surface area contributed by atoms with Gasteiger partial charge in [0.05, 0.1) is 0 Å². The third-order valence-corrected chi connectivity index (χ3v) is 4.84. The van der Waals surface area contributed by atoms with Crippen molar-refractivity contribution in [3.8, 4) is 0 Å². The summed E-state index contributed by atoms with van der Waals surface area (Å²) in [4.78, 5) is 2.48. The van der Waals surface area contributed by atoms with Crippen LogP contribution in [-0.4, -0.2) is 37.6 Å². The third kappa shape index (κ3) is 2.44. The van der Waals surface area contributed by atoms with Crippen LogP contribution < -0.4 is 5.32 Å². The fraction of sp³-hybridized carbons (Fsp3) is 0.412. The lowest BCUT2D eigenvalue weighted by atomic mass is 9.69. The molecule has 1 N–H and O–H groups in total. The molecule has 1 saturated heterocycles. The molecule has 0 saturated carbocycles. The molecule has 3 rings (SSSR count). The number of hydrogen-bond acceptors (Lipinski definition) is 2. The number of rotatable bonds is 2. The third-order valence-electron chi connectivity index (χ3n) is 4.58. The van der Waals surface area contributed by atoms with E-state index in [1.54, 1.807) is 0 Å². The molecule has 1 aliphatic heterocycles. The fourth-order valence-electron chi connectivity index (χ4n) is 3.43. The predicted octanol–water partition coefficient (Wildman–Crippen LogP) is 3.00. The second kappa shape index (κ2) is 5.72. The van der Waals surface area contributed by atoms with Crippen LogP contribution >= 0.6 is 11.6 Å². The summed E-state index contributed by atoms with van der Waals surface area (Å²) in [6.07, 6.45) is 10.0. The zero-order chi connectivity index (χ0) is 14.0. The van der Waals surface area contributed by atoms with Crippen LogP contribution in [0.15, 0.2) is 48.6 Å². The smallest absolute Gasteiger partial charge is 0.0406 e. The Kier molecular flexibility index (Phi) is 3.97. The number of nitrogens with zero attached hydrogens (tertiary/aromatic N) is 1. The molecule has 1 heterocycles. The van der Waals surface area contributed by atoms with E-state index >= 15 is 0 Å². The first kappa shape index (κ1) is 13.9. The van der Waals surface area contributed by atoms with Crippen molar-refractivity contribution in [3.63, 3.8) is 0 Å². The average molecular weight is 289 g/mol. The van der Waals surface area contributed by atoms with Crippen LogP contribution in [0.2, 0.25) is 5.02 Å². The van der Waals surface area contributed by atoms with E-state index in [1.165, 1.54) is 5.56 Å². The van der Waals surface area contributed by atoms with E-state index in [1.807, 2.05) is 12.1 Å². The first-order valence-corrected chi connectivity index (χ1v) is 7.61. The molecule has 1 fully saturated rings. The highest BCUT2D eigenvalue weighted by atomic mass is 35.5. The second-order valence-corrected chi connectivity index (χ2v) is 6.18. The summed E-state index contributed by atoms with van der Waals surface area (Å²) in [6.45, 7) is 3.19. The lowest BCUT2D eigenvalue weighted by molar-refractivity contribution is 0.140. The number of allylic oxidation sites excluding steroid dienone is 3. The maximum absolute atomic E-state index is 6.06. The Labute approximate surface area is 126 Å². The van der Waals surface area contributed by atoms with Crippen LogP contribution in [0.25, 0.3) is 0 Å². The van der Waals surface area contributed by atoms with Crippen molar-refractivity contribution in [1.82, 2.24) is 10.2 Å². The summed E-state index contributed by atoms with van der Waals surface area (Å²) in [6, 6.07) is 8.82. The summed E-state index contributed by atoms with van der Waals surface area (Å²) in [5.41, 5.74) is 1.39. The molecule has 0 amide bonds. The van der Waals surface area contributed by atoms with Crippen molar-refractivity contribution in [2.75, 3.05) is 26.7 Å². The number of nitrogens with one attached hydrogen (secondary N) is 1. The summed E-state index contributed by atoms with van der Waals surface area (Å²) in [7, 11) is 2.23. The molecule has 2 atom stereocenters. The molecule has 0 aromatic heterocycles. The quantitative estimate of drug-likeness (QED) is 0.900. The first-order valence-electron chi connectivity index (χ1n) is 7.24. The van der Waals surface area contributed by atoms with E-state index in [0.29, 0.717) is 6.04 Å². The average Bonchev–Trinajstić information content (AvgIpc) is 2.49.